The molecule has 1 aliphatic carbocycles. The van der Waals surface area contributed by atoms with Gasteiger partial charge in [-0.15, -0.1) is 0 Å². The normalized spacial score (nSPS) is 18.8. The summed E-state index contributed by atoms with van der Waals surface area (Å²) in [4.78, 5) is 11.9. The lowest BCUT2D eigenvalue weighted by Gasteiger charge is -2.18. The molecule has 3 rings (SSSR count). The van der Waals surface area contributed by atoms with Gasteiger partial charge in [-0.1, -0.05) is 6.92 Å². The maximum atomic E-state index is 12.9. The second-order valence-electron chi connectivity index (χ2n) is 4.83. The van der Waals surface area contributed by atoms with E-state index in [1.54, 1.807) is 23.0 Å². The summed E-state index contributed by atoms with van der Waals surface area (Å²) in [6.45, 7) is 2.06. The van der Waals surface area contributed by atoms with Crippen molar-refractivity contribution in [2.75, 3.05) is 0 Å². The molecule has 1 aliphatic rings. The molecule has 0 spiro atoms. The Hall–Kier alpha value is -1.97. The summed E-state index contributed by atoms with van der Waals surface area (Å²) in [6.07, 6.45) is 3.04. The predicted molar refractivity (Wildman–Crippen MR) is 65.3 cm³/mol. The number of fused-ring (bicyclic) bond motifs is 1. The van der Waals surface area contributed by atoms with Crippen LogP contribution in [0.1, 0.15) is 29.4 Å². The van der Waals surface area contributed by atoms with Crippen LogP contribution in [0.5, 0.6) is 0 Å². The summed E-state index contributed by atoms with van der Waals surface area (Å²) < 4.78 is 14.6. The molecule has 1 atom stereocenters. The topological polar surface area (TPSA) is 34.9 Å². The maximum Gasteiger partial charge on any atom is 0.166 e. The van der Waals surface area contributed by atoms with Gasteiger partial charge in [-0.05, 0) is 36.6 Å². The lowest BCUT2D eigenvalue weighted by Crippen LogP contribution is -2.19. The van der Waals surface area contributed by atoms with Crippen molar-refractivity contribution < 1.29 is 9.18 Å². The molecular formula is C14H13FN2O. The Morgan fingerprint density at radius 2 is 2.00 bits per heavy atom. The molecule has 0 bridgehead atoms. The Labute approximate surface area is 104 Å². The van der Waals surface area contributed by atoms with Gasteiger partial charge in [0.1, 0.15) is 5.82 Å². The second kappa shape index (κ2) is 4.05. The minimum atomic E-state index is -0.274. The van der Waals surface area contributed by atoms with E-state index in [4.69, 9.17) is 0 Å². The van der Waals surface area contributed by atoms with E-state index in [2.05, 4.69) is 12.0 Å². The highest BCUT2D eigenvalue weighted by Gasteiger charge is 2.26. The average Bonchev–Trinajstić information content (AvgIpc) is 2.74. The van der Waals surface area contributed by atoms with E-state index in [0.717, 1.165) is 17.8 Å². The van der Waals surface area contributed by atoms with Gasteiger partial charge in [0, 0.05) is 6.42 Å². The molecule has 1 heterocycles. The first kappa shape index (κ1) is 11.1. The van der Waals surface area contributed by atoms with E-state index in [0.29, 0.717) is 17.9 Å². The maximum absolute atomic E-state index is 12.9. The Morgan fingerprint density at radius 3 is 2.72 bits per heavy atom. The summed E-state index contributed by atoms with van der Waals surface area (Å²) in [5.41, 5.74) is 2.43. The van der Waals surface area contributed by atoms with E-state index >= 15 is 0 Å². The predicted octanol–water partition coefficient (Wildman–Crippen LogP) is 2.78. The van der Waals surface area contributed by atoms with Crippen molar-refractivity contribution in [1.82, 2.24) is 9.78 Å². The van der Waals surface area contributed by atoms with Gasteiger partial charge in [0.15, 0.2) is 5.78 Å². The Balaban J connectivity index is 2.09. The minimum Gasteiger partial charge on any atom is -0.294 e. The fraction of sp³-hybridized carbons (Fsp3) is 0.286. The van der Waals surface area contributed by atoms with Crippen molar-refractivity contribution in [3.05, 3.63) is 47.5 Å². The monoisotopic (exact) mass is 244 g/mol. The third-order valence-corrected chi connectivity index (χ3v) is 3.32. The molecule has 0 fully saturated rings. The van der Waals surface area contributed by atoms with Gasteiger partial charge in [-0.3, -0.25) is 4.79 Å². The van der Waals surface area contributed by atoms with Gasteiger partial charge >= 0.3 is 0 Å². The molecular weight excluding hydrogens is 231 g/mol. The van der Waals surface area contributed by atoms with Crippen molar-refractivity contribution in [3.8, 4) is 5.69 Å². The Morgan fingerprint density at radius 1 is 1.28 bits per heavy atom. The summed E-state index contributed by atoms with van der Waals surface area (Å²) in [5, 5.41) is 4.26. The summed E-state index contributed by atoms with van der Waals surface area (Å²) in [6, 6.07) is 6.15. The van der Waals surface area contributed by atoms with Crippen LogP contribution in [0.3, 0.4) is 0 Å². The highest BCUT2D eigenvalue weighted by Crippen LogP contribution is 2.27. The van der Waals surface area contributed by atoms with Crippen molar-refractivity contribution >= 4 is 5.78 Å². The third kappa shape index (κ3) is 1.74. The number of aromatic nitrogens is 2. The lowest BCUT2D eigenvalue weighted by atomic mass is 9.88. The van der Waals surface area contributed by atoms with Crippen molar-refractivity contribution in [1.29, 1.82) is 0 Å². The van der Waals surface area contributed by atoms with E-state index in [-0.39, 0.29) is 11.6 Å². The molecule has 0 radical (unpaired) electrons. The van der Waals surface area contributed by atoms with E-state index in [1.807, 2.05) is 0 Å². The number of rotatable bonds is 1. The number of benzene rings is 1. The first-order chi connectivity index (χ1) is 8.65. The largest absolute Gasteiger partial charge is 0.294 e. The van der Waals surface area contributed by atoms with Gasteiger partial charge < -0.3 is 0 Å². The molecule has 1 aromatic heterocycles. The summed E-state index contributed by atoms with van der Waals surface area (Å²) in [5.74, 6) is 0.210. The van der Waals surface area contributed by atoms with Crippen LogP contribution in [0.2, 0.25) is 0 Å². The zero-order valence-electron chi connectivity index (χ0n) is 10.1. The average molecular weight is 244 g/mol. The molecule has 2 aromatic rings. The number of ketones is 1. The van der Waals surface area contributed by atoms with Crippen molar-refractivity contribution in [2.45, 2.75) is 19.8 Å². The molecule has 0 amide bonds. The van der Waals surface area contributed by atoms with Crippen LogP contribution in [0.4, 0.5) is 4.39 Å². The first-order valence-corrected chi connectivity index (χ1v) is 6.01. The van der Waals surface area contributed by atoms with Crippen LogP contribution < -0.4 is 0 Å². The number of hydrogen-bond donors (Lipinski definition) is 0. The van der Waals surface area contributed by atoms with Crippen LogP contribution in [0, 0.1) is 11.7 Å². The molecule has 0 N–H and O–H groups in total. The second-order valence-corrected chi connectivity index (χ2v) is 4.83. The molecule has 0 aliphatic heterocycles. The standard InChI is InChI=1S/C14H13FN2O/c1-9-6-13-12(14(18)7-9)8-16-17(13)11-4-2-10(15)3-5-11/h2-5,8-9H,6-7H2,1H3. The fourth-order valence-electron chi connectivity index (χ4n) is 2.44. The first-order valence-electron chi connectivity index (χ1n) is 6.01. The van der Waals surface area contributed by atoms with Crippen LogP contribution in [-0.2, 0) is 6.42 Å². The summed E-state index contributed by atoms with van der Waals surface area (Å²) >= 11 is 0. The van der Waals surface area contributed by atoms with E-state index in [9.17, 15) is 9.18 Å². The number of carbonyl (C=O) groups is 1. The van der Waals surface area contributed by atoms with Gasteiger partial charge in [-0.25, -0.2) is 9.07 Å². The number of carbonyl (C=O) groups excluding carboxylic acids is 1. The lowest BCUT2D eigenvalue weighted by molar-refractivity contribution is 0.0952. The molecule has 4 heteroatoms. The minimum absolute atomic E-state index is 0.150. The molecule has 0 saturated heterocycles. The van der Waals surface area contributed by atoms with E-state index in [1.165, 1.54) is 12.1 Å². The van der Waals surface area contributed by atoms with Crippen molar-refractivity contribution in [3.63, 3.8) is 0 Å². The van der Waals surface area contributed by atoms with Crippen LogP contribution in [0.15, 0.2) is 30.5 Å². The van der Waals surface area contributed by atoms with Gasteiger partial charge in [0.25, 0.3) is 0 Å². The van der Waals surface area contributed by atoms with Crippen LogP contribution in [-0.4, -0.2) is 15.6 Å². The van der Waals surface area contributed by atoms with Crippen LogP contribution in [0.25, 0.3) is 5.69 Å². The van der Waals surface area contributed by atoms with Gasteiger partial charge in [0.05, 0.1) is 23.1 Å². The number of nitrogens with zero attached hydrogens (tertiary/aromatic N) is 2. The quantitative estimate of drug-likeness (QED) is 0.773. The zero-order valence-corrected chi connectivity index (χ0v) is 10.1. The van der Waals surface area contributed by atoms with Crippen molar-refractivity contribution in [2.24, 2.45) is 5.92 Å². The third-order valence-electron chi connectivity index (χ3n) is 3.32. The Kier molecular flexibility index (Phi) is 2.51. The molecule has 3 nitrogen and oxygen atoms in total. The summed E-state index contributed by atoms with van der Waals surface area (Å²) in [7, 11) is 0. The Bertz CT molecular complexity index is 601. The number of halogens is 1. The van der Waals surface area contributed by atoms with Crippen LogP contribution >= 0.6 is 0 Å². The smallest absolute Gasteiger partial charge is 0.166 e. The SMILES string of the molecule is CC1CC(=O)c2cnn(-c3ccc(F)cc3)c2C1. The van der Waals surface area contributed by atoms with Gasteiger partial charge in [0.2, 0.25) is 0 Å². The fourth-order valence-corrected chi connectivity index (χ4v) is 2.44. The molecule has 0 saturated carbocycles. The van der Waals surface area contributed by atoms with E-state index < -0.39 is 0 Å². The van der Waals surface area contributed by atoms with Gasteiger partial charge in [-0.2, -0.15) is 5.10 Å². The molecule has 92 valence electrons. The number of hydrogen-bond acceptors (Lipinski definition) is 2. The highest BCUT2D eigenvalue weighted by atomic mass is 19.1. The zero-order chi connectivity index (χ0) is 12.7. The molecule has 1 unspecified atom stereocenters. The number of Topliss-reactive ketones (excluding diaryl/α,β-unsaturated/α-hetero) is 1. The highest BCUT2D eigenvalue weighted by molar-refractivity contribution is 5.98. The molecule has 18 heavy (non-hydrogen) atoms. The molecule has 1 aromatic carbocycles.